The molecule has 1 aromatic rings. The van der Waals surface area contributed by atoms with Crippen molar-refractivity contribution in [3.63, 3.8) is 0 Å². The second-order valence-corrected chi connectivity index (χ2v) is 5.11. The van der Waals surface area contributed by atoms with E-state index < -0.39 is 11.2 Å². The molecule has 7 heteroatoms. The number of nitrogens with zero attached hydrogens (tertiary/aromatic N) is 1. The van der Waals surface area contributed by atoms with E-state index in [2.05, 4.69) is 0 Å². The van der Waals surface area contributed by atoms with E-state index >= 15 is 0 Å². The summed E-state index contributed by atoms with van der Waals surface area (Å²) in [4.78, 5) is 10.3. The smallest absolute Gasteiger partial charge is 0.269 e. The van der Waals surface area contributed by atoms with Gasteiger partial charge in [0, 0.05) is 34.9 Å². The standard InChI is InChI=1S/C12H13Cl2NO4/c13-5-12(6-14)7-18-11(19-8-12)9-2-1-3-10(4-9)15(16)17/h1-4,11H,5-8H2. The van der Waals surface area contributed by atoms with Crippen LogP contribution in [-0.4, -0.2) is 29.9 Å². The van der Waals surface area contributed by atoms with Crippen LogP contribution in [0, 0.1) is 15.5 Å². The van der Waals surface area contributed by atoms with Crippen molar-refractivity contribution >= 4 is 28.9 Å². The molecule has 0 N–H and O–H groups in total. The fourth-order valence-corrected chi connectivity index (χ4v) is 2.36. The largest absolute Gasteiger partial charge is 0.348 e. The van der Waals surface area contributed by atoms with Crippen LogP contribution in [0.5, 0.6) is 0 Å². The Labute approximate surface area is 120 Å². The molecule has 0 saturated carbocycles. The van der Waals surface area contributed by atoms with Gasteiger partial charge in [-0.1, -0.05) is 12.1 Å². The predicted octanol–water partition coefficient (Wildman–Crippen LogP) is 3.10. The van der Waals surface area contributed by atoms with E-state index in [9.17, 15) is 10.1 Å². The average molecular weight is 306 g/mol. The highest BCUT2D eigenvalue weighted by Crippen LogP contribution is 2.34. The number of hydrogen-bond acceptors (Lipinski definition) is 4. The number of benzene rings is 1. The number of nitro groups is 1. The van der Waals surface area contributed by atoms with Crippen LogP contribution < -0.4 is 0 Å². The van der Waals surface area contributed by atoms with Gasteiger partial charge in [-0.3, -0.25) is 10.1 Å². The minimum atomic E-state index is -0.612. The first-order valence-electron chi connectivity index (χ1n) is 5.70. The van der Waals surface area contributed by atoms with Gasteiger partial charge in [0.05, 0.1) is 18.1 Å². The highest BCUT2D eigenvalue weighted by Gasteiger charge is 2.36. The number of rotatable bonds is 4. The number of alkyl halides is 2. The quantitative estimate of drug-likeness (QED) is 0.487. The second kappa shape index (κ2) is 6.05. The van der Waals surface area contributed by atoms with Crippen molar-refractivity contribution in [3.05, 3.63) is 39.9 Å². The third-order valence-corrected chi connectivity index (χ3v) is 4.14. The molecule has 2 rings (SSSR count). The monoisotopic (exact) mass is 305 g/mol. The van der Waals surface area contributed by atoms with Crippen molar-refractivity contribution in [1.29, 1.82) is 0 Å². The molecule has 19 heavy (non-hydrogen) atoms. The minimum absolute atomic E-state index is 0.0104. The molecular weight excluding hydrogens is 293 g/mol. The van der Waals surface area contributed by atoms with Crippen LogP contribution >= 0.6 is 23.2 Å². The molecule has 0 amide bonds. The van der Waals surface area contributed by atoms with Crippen LogP contribution in [0.3, 0.4) is 0 Å². The van der Waals surface area contributed by atoms with Crippen molar-refractivity contribution < 1.29 is 14.4 Å². The fraction of sp³-hybridized carbons (Fsp3) is 0.500. The number of ether oxygens (including phenoxy) is 2. The lowest BCUT2D eigenvalue weighted by atomic mass is 9.94. The molecule has 0 aliphatic carbocycles. The molecule has 0 atom stereocenters. The topological polar surface area (TPSA) is 61.6 Å². The Morgan fingerprint density at radius 1 is 1.32 bits per heavy atom. The lowest BCUT2D eigenvalue weighted by Gasteiger charge is -2.37. The van der Waals surface area contributed by atoms with Crippen molar-refractivity contribution in [2.75, 3.05) is 25.0 Å². The number of hydrogen-bond donors (Lipinski definition) is 0. The first-order valence-corrected chi connectivity index (χ1v) is 6.77. The molecule has 1 aliphatic rings. The summed E-state index contributed by atoms with van der Waals surface area (Å²) in [6, 6.07) is 6.20. The van der Waals surface area contributed by atoms with Crippen LogP contribution in [0.1, 0.15) is 11.9 Å². The molecule has 0 radical (unpaired) electrons. The lowest BCUT2D eigenvalue weighted by Crippen LogP contribution is -2.41. The molecule has 1 aliphatic heterocycles. The summed E-state index contributed by atoms with van der Waals surface area (Å²) in [6.07, 6.45) is -0.612. The first kappa shape index (κ1) is 14.5. The minimum Gasteiger partial charge on any atom is -0.348 e. The van der Waals surface area contributed by atoms with Gasteiger partial charge in [0.25, 0.3) is 5.69 Å². The zero-order valence-corrected chi connectivity index (χ0v) is 11.6. The van der Waals surface area contributed by atoms with Gasteiger partial charge >= 0.3 is 0 Å². The highest BCUT2D eigenvalue weighted by atomic mass is 35.5. The number of nitro benzene ring substituents is 1. The average Bonchev–Trinajstić information content (AvgIpc) is 2.47. The zero-order valence-electron chi connectivity index (χ0n) is 10.1. The Balaban J connectivity index is 2.09. The van der Waals surface area contributed by atoms with Gasteiger partial charge in [0.15, 0.2) is 6.29 Å². The molecule has 0 unspecified atom stereocenters. The normalized spacial score (nSPS) is 19.3. The third-order valence-electron chi connectivity index (χ3n) is 3.00. The summed E-state index contributed by atoms with van der Waals surface area (Å²) in [6.45, 7) is 0.737. The van der Waals surface area contributed by atoms with Gasteiger partial charge in [0.1, 0.15) is 0 Å². The van der Waals surface area contributed by atoms with E-state index in [-0.39, 0.29) is 11.1 Å². The van der Waals surface area contributed by atoms with Gasteiger partial charge in [-0.15, -0.1) is 23.2 Å². The second-order valence-electron chi connectivity index (χ2n) is 4.57. The van der Waals surface area contributed by atoms with Crippen LogP contribution in [0.4, 0.5) is 5.69 Å². The molecule has 1 heterocycles. The first-order chi connectivity index (χ1) is 9.10. The van der Waals surface area contributed by atoms with E-state index in [1.165, 1.54) is 12.1 Å². The maximum absolute atomic E-state index is 10.7. The third kappa shape index (κ3) is 3.17. The lowest BCUT2D eigenvalue weighted by molar-refractivity contribution is -0.385. The Morgan fingerprint density at radius 2 is 1.95 bits per heavy atom. The van der Waals surface area contributed by atoms with E-state index in [1.807, 2.05) is 0 Å². The van der Waals surface area contributed by atoms with E-state index in [4.69, 9.17) is 32.7 Å². The fourth-order valence-electron chi connectivity index (χ4n) is 1.76. The Kier molecular flexibility index (Phi) is 4.62. The van der Waals surface area contributed by atoms with E-state index in [1.54, 1.807) is 12.1 Å². The van der Waals surface area contributed by atoms with Crippen molar-refractivity contribution in [2.24, 2.45) is 5.41 Å². The SMILES string of the molecule is O=[N+]([O-])c1cccc(C2OCC(CCl)(CCl)CO2)c1. The zero-order chi connectivity index (χ0) is 13.9. The number of halogens is 2. The highest BCUT2D eigenvalue weighted by molar-refractivity contribution is 6.21. The summed E-state index contributed by atoms with van der Waals surface area (Å²) < 4.78 is 11.2. The summed E-state index contributed by atoms with van der Waals surface area (Å²) >= 11 is 11.7. The van der Waals surface area contributed by atoms with E-state index in [0.717, 1.165) is 0 Å². The molecule has 5 nitrogen and oxygen atoms in total. The molecule has 0 bridgehead atoms. The summed E-state index contributed by atoms with van der Waals surface area (Å²) in [5, 5.41) is 10.7. The summed E-state index contributed by atoms with van der Waals surface area (Å²) in [5.74, 6) is 0.691. The van der Waals surface area contributed by atoms with Gasteiger partial charge in [-0.25, -0.2) is 0 Å². The van der Waals surface area contributed by atoms with Gasteiger partial charge in [0.2, 0.25) is 0 Å². The molecular formula is C12H13Cl2NO4. The van der Waals surface area contributed by atoms with Crippen LogP contribution in [0.2, 0.25) is 0 Å². The van der Waals surface area contributed by atoms with Gasteiger partial charge in [-0.05, 0) is 0 Å². The van der Waals surface area contributed by atoms with Crippen LogP contribution in [-0.2, 0) is 9.47 Å². The molecule has 0 aromatic heterocycles. The maximum Gasteiger partial charge on any atom is 0.269 e. The number of non-ortho nitro benzene ring substituents is 1. The van der Waals surface area contributed by atoms with Crippen LogP contribution in [0.25, 0.3) is 0 Å². The Morgan fingerprint density at radius 3 is 2.47 bits per heavy atom. The molecule has 1 saturated heterocycles. The Bertz CT molecular complexity index is 455. The summed E-state index contributed by atoms with van der Waals surface area (Å²) in [7, 11) is 0. The van der Waals surface area contributed by atoms with E-state index in [0.29, 0.717) is 30.5 Å². The molecule has 0 spiro atoms. The Hall–Kier alpha value is -0.880. The molecule has 1 fully saturated rings. The molecule has 1 aromatic carbocycles. The summed E-state index contributed by atoms with van der Waals surface area (Å²) in [5.41, 5.74) is 0.239. The van der Waals surface area contributed by atoms with Crippen molar-refractivity contribution in [2.45, 2.75) is 6.29 Å². The predicted molar refractivity (Wildman–Crippen MR) is 71.6 cm³/mol. The van der Waals surface area contributed by atoms with Gasteiger partial charge < -0.3 is 9.47 Å². The van der Waals surface area contributed by atoms with Crippen LogP contribution in [0.15, 0.2) is 24.3 Å². The van der Waals surface area contributed by atoms with Gasteiger partial charge in [-0.2, -0.15) is 0 Å². The van der Waals surface area contributed by atoms with Crippen molar-refractivity contribution in [3.8, 4) is 0 Å². The molecule has 104 valence electrons. The maximum atomic E-state index is 10.7. The van der Waals surface area contributed by atoms with Crippen molar-refractivity contribution in [1.82, 2.24) is 0 Å².